The van der Waals surface area contributed by atoms with Gasteiger partial charge in [-0.15, -0.1) is 0 Å². The van der Waals surface area contributed by atoms with Crippen LogP contribution in [-0.4, -0.2) is 11.9 Å². The van der Waals surface area contributed by atoms with Crippen molar-refractivity contribution in [3.63, 3.8) is 0 Å². The number of hydrogen-bond donors (Lipinski definition) is 1. The van der Waals surface area contributed by atoms with E-state index in [1.807, 2.05) is 0 Å². The van der Waals surface area contributed by atoms with Gasteiger partial charge in [0.2, 0.25) is 0 Å². The molecule has 0 aromatic heterocycles. The molecule has 9 heavy (non-hydrogen) atoms. The first-order valence-electron chi connectivity index (χ1n) is 3.59. The predicted molar refractivity (Wildman–Crippen MR) is 35.1 cm³/mol. The Kier molecular flexibility index (Phi) is 2.49. The van der Waals surface area contributed by atoms with Gasteiger partial charge in [0.25, 0.3) is 0 Å². The average Bonchev–Trinajstić information content (AvgIpc) is 2.17. The van der Waals surface area contributed by atoms with Crippen LogP contribution in [0, 0.1) is 11.8 Å². The lowest BCUT2D eigenvalue weighted by atomic mass is 10.1. The lowest BCUT2D eigenvalue weighted by molar-refractivity contribution is -0.250. The van der Waals surface area contributed by atoms with Crippen molar-refractivity contribution >= 4 is 0 Å². The lowest BCUT2D eigenvalue weighted by Gasteiger charge is -2.04. The van der Waals surface area contributed by atoms with Gasteiger partial charge in [0, 0.05) is 0 Å². The van der Waals surface area contributed by atoms with E-state index in [9.17, 15) is 0 Å². The molecule has 0 spiro atoms. The van der Waals surface area contributed by atoms with E-state index < -0.39 is 0 Å². The summed E-state index contributed by atoms with van der Waals surface area (Å²) in [5, 5.41) is 8.11. The van der Waals surface area contributed by atoms with Gasteiger partial charge in [0.05, 0.1) is 6.61 Å². The van der Waals surface area contributed by atoms with Gasteiger partial charge >= 0.3 is 0 Å². The molecule has 0 bridgehead atoms. The Morgan fingerprint density at radius 1 is 1.56 bits per heavy atom. The molecule has 1 N–H and O–H groups in total. The van der Waals surface area contributed by atoms with Crippen LogP contribution in [0.15, 0.2) is 0 Å². The van der Waals surface area contributed by atoms with E-state index in [-0.39, 0.29) is 0 Å². The molecule has 2 unspecified atom stereocenters. The molecule has 0 aliphatic heterocycles. The van der Waals surface area contributed by atoms with Crippen LogP contribution in [0.5, 0.6) is 0 Å². The van der Waals surface area contributed by atoms with Crippen LogP contribution in [0.2, 0.25) is 0 Å². The molecule has 0 aromatic carbocycles. The molecule has 0 heterocycles. The Balaban J connectivity index is 2.14. The molecule has 2 nitrogen and oxygen atoms in total. The fraction of sp³-hybridized carbons (Fsp3) is 1.00. The Morgan fingerprint density at radius 2 is 2.33 bits per heavy atom. The summed E-state index contributed by atoms with van der Waals surface area (Å²) in [6, 6.07) is 0. The summed E-state index contributed by atoms with van der Waals surface area (Å²) in [7, 11) is 0. The highest BCUT2D eigenvalue weighted by molar-refractivity contribution is 4.71. The molecule has 0 amide bonds. The Morgan fingerprint density at radius 3 is 2.78 bits per heavy atom. The van der Waals surface area contributed by atoms with Crippen molar-refractivity contribution in [2.75, 3.05) is 6.61 Å². The fourth-order valence-corrected chi connectivity index (χ4v) is 1.58. The van der Waals surface area contributed by atoms with E-state index in [0.717, 1.165) is 5.92 Å². The Bertz CT molecular complexity index is 81.0. The van der Waals surface area contributed by atoms with Gasteiger partial charge < -0.3 is 0 Å². The molecular formula is C7H14O2. The van der Waals surface area contributed by atoms with Crippen LogP contribution in [-0.2, 0) is 4.89 Å². The van der Waals surface area contributed by atoms with Crippen LogP contribution < -0.4 is 0 Å². The molecular weight excluding hydrogens is 116 g/mol. The van der Waals surface area contributed by atoms with Crippen LogP contribution in [0.1, 0.15) is 26.2 Å². The number of rotatable bonds is 2. The molecule has 1 saturated carbocycles. The summed E-state index contributed by atoms with van der Waals surface area (Å²) in [6.07, 6.45) is 3.75. The second kappa shape index (κ2) is 3.18. The Hall–Kier alpha value is -0.0800. The van der Waals surface area contributed by atoms with E-state index in [0.29, 0.717) is 12.5 Å². The standard InChI is InChI=1S/C7H14O2/c1-6-2-3-7(4-6)5-9-8/h6-8H,2-5H2,1H3. The second-order valence-electron chi connectivity index (χ2n) is 3.08. The lowest BCUT2D eigenvalue weighted by Crippen LogP contribution is -2.03. The molecule has 54 valence electrons. The number of hydrogen-bond acceptors (Lipinski definition) is 2. The first-order chi connectivity index (χ1) is 4.33. The summed E-state index contributed by atoms with van der Waals surface area (Å²) in [5.41, 5.74) is 0. The highest BCUT2D eigenvalue weighted by Gasteiger charge is 2.20. The van der Waals surface area contributed by atoms with Gasteiger partial charge in [0.1, 0.15) is 0 Å². The first-order valence-corrected chi connectivity index (χ1v) is 3.59. The summed E-state index contributed by atoms with van der Waals surface area (Å²) in [4.78, 5) is 4.07. The van der Waals surface area contributed by atoms with Crippen molar-refractivity contribution in [3.05, 3.63) is 0 Å². The third kappa shape index (κ3) is 1.95. The highest BCUT2D eigenvalue weighted by Crippen LogP contribution is 2.29. The zero-order valence-corrected chi connectivity index (χ0v) is 5.84. The predicted octanol–water partition coefficient (Wildman–Crippen LogP) is 1.91. The second-order valence-corrected chi connectivity index (χ2v) is 3.08. The molecule has 1 aliphatic rings. The molecule has 2 heteroatoms. The summed E-state index contributed by atoms with van der Waals surface area (Å²) < 4.78 is 0. The topological polar surface area (TPSA) is 29.5 Å². The summed E-state index contributed by atoms with van der Waals surface area (Å²) in [6.45, 7) is 2.78. The van der Waals surface area contributed by atoms with E-state index in [4.69, 9.17) is 5.26 Å². The van der Waals surface area contributed by atoms with Gasteiger partial charge in [-0.25, -0.2) is 4.89 Å². The Labute approximate surface area is 55.8 Å². The summed E-state index contributed by atoms with van der Waals surface area (Å²) in [5.74, 6) is 1.45. The maximum absolute atomic E-state index is 8.11. The van der Waals surface area contributed by atoms with Crippen molar-refractivity contribution in [1.82, 2.24) is 0 Å². The average molecular weight is 130 g/mol. The van der Waals surface area contributed by atoms with E-state index in [2.05, 4.69) is 11.8 Å². The fourth-order valence-electron chi connectivity index (χ4n) is 1.58. The van der Waals surface area contributed by atoms with Crippen molar-refractivity contribution in [3.8, 4) is 0 Å². The SMILES string of the molecule is CC1CCC(COO)C1. The zero-order valence-electron chi connectivity index (χ0n) is 5.84. The third-order valence-corrected chi connectivity index (χ3v) is 2.11. The van der Waals surface area contributed by atoms with Gasteiger partial charge in [-0.3, -0.25) is 5.26 Å². The minimum Gasteiger partial charge on any atom is -0.252 e. The minimum absolute atomic E-state index is 0.532. The molecule has 2 atom stereocenters. The maximum atomic E-state index is 8.11. The van der Waals surface area contributed by atoms with E-state index in [1.54, 1.807) is 0 Å². The van der Waals surface area contributed by atoms with Gasteiger partial charge in [-0.1, -0.05) is 13.3 Å². The van der Waals surface area contributed by atoms with Crippen molar-refractivity contribution < 1.29 is 10.1 Å². The van der Waals surface area contributed by atoms with Crippen molar-refractivity contribution in [1.29, 1.82) is 0 Å². The molecule has 1 fully saturated rings. The van der Waals surface area contributed by atoms with E-state index in [1.165, 1.54) is 19.3 Å². The highest BCUT2D eigenvalue weighted by atomic mass is 17.1. The normalized spacial score (nSPS) is 35.3. The van der Waals surface area contributed by atoms with Gasteiger partial charge in [-0.05, 0) is 24.7 Å². The zero-order chi connectivity index (χ0) is 6.69. The molecule has 0 aromatic rings. The van der Waals surface area contributed by atoms with Gasteiger partial charge in [0.15, 0.2) is 0 Å². The largest absolute Gasteiger partial charge is 0.252 e. The van der Waals surface area contributed by atoms with Crippen LogP contribution in [0.25, 0.3) is 0 Å². The quantitative estimate of drug-likeness (QED) is 0.457. The maximum Gasteiger partial charge on any atom is 0.0848 e. The molecule has 0 saturated heterocycles. The third-order valence-electron chi connectivity index (χ3n) is 2.11. The van der Waals surface area contributed by atoms with Gasteiger partial charge in [-0.2, -0.15) is 0 Å². The first kappa shape index (κ1) is 7.03. The molecule has 0 radical (unpaired) electrons. The molecule has 1 aliphatic carbocycles. The monoisotopic (exact) mass is 130 g/mol. The summed E-state index contributed by atoms with van der Waals surface area (Å²) >= 11 is 0. The van der Waals surface area contributed by atoms with Crippen molar-refractivity contribution in [2.45, 2.75) is 26.2 Å². The van der Waals surface area contributed by atoms with E-state index >= 15 is 0 Å². The van der Waals surface area contributed by atoms with Crippen LogP contribution in [0.3, 0.4) is 0 Å². The smallest absolute Gasteiger partial charge is 0.0848 e. The van der Waals surface area contributed by atoms with Crippen LogP contribution in [0.4, 0.5) is 0 Å². The minimum atomic E-state index is 0.532. The van der Waals surface area contributed by atoms with Crippen molar-refractivity contribution in [2.24, 2.45) is 11.8 Å². The molecule has 1 rings (SSSR count). The van der Waals surface area contributed by atoms with Crippen LogP contribution >= 0.6 is 0 Å².